The summed E-state index contributed by atoms with van der Waals surface area (Å²) in [5.74, 6) is -0.479. The maximum atomic E-state index is 12.7. The van der Waals surface area contributed by atoms with Gasteiger partial charge in [-0.2, -0.15) is 0 Å². The SMILES string of the molecule is CC1=C(O)C(Cc2ccc(O)cc2Cl)=C(C)C(=Nc2ccc(O)cc2Cl)C1=O. The molecule has 1 aliphatic rings. The van der Waals surface area contributed by atoms with Crippen LogP contribution in [0.5, 0.6) is 11.5 Å². The molecule has 0 atom stereocenters. The lowest BCUT2D eigenvalue weighted by molar-refractivity contribution is -0.109. The highest BCUT2D eigenvalue weighted by atomic mass is 35.5. The van der Waals surface area contributed by atoms with E-state index in [0.717, 1.165) is 0 Å². The molecule has 2 aromatic rings. The van der Waals surface area contributed by atoms with Gasteiger partial charge in [-0.1, -0.05) is 29.3 Å². The van der Waals surface area contributed by atoms with Gasteiger partial charge in [0.2, 0.25) is 5.78 Å². The van der Waals surface area contributed by atoms with Gasteiger partial charge in [0.15, 0.2) is 0 Å². The minimum Gasteiger partial charge on any atom is -0.508 e. The quantitative estimate of drug-likeness (QED) is 0.578. The molecule has 1 aliphatic carbocycles. The number of allylic oxidation sites excluding steroid dienone is 3. The van der Waals surface area contributed by atoms with E-state index in [1.54, 1.807) is 13.0 Å². The summed E-state index contributed by atoms with van der Waals surface area (Å²) in [6, 6.07) is 8.85. The van der Waals surface area contributed by atoms with E-state index in [1.807, 2.05) is 0 Å². The number of hydrogen-bond acceptors (Lipinski definition) is 5. The van der Waals surface area contributed by atoms with Gasteiger partial charge < -0.3 is 15.3 Å². The van der Waals surface area contributed by atoms with E-state index in [-0.39, 0.29) is 40.0 Å². The predicted octanol–water partition coefficient (Wildman–Crippen LogP) is 5.45. The van der Waals surface area contributed by atoms with E-state index in [0.29, 0.717) is 27.4 Å². The molecule has 28 heavy (non-hydrogen) atoms. The third kappa shape index (κ3) is 3.77. The number of phenolic OH excluding ortho intramolecular Hbond substituents is 2. The fourth-order valence-electron chi connectivity index (χ4n) is 2.93. The van der Waals surface area contributed by atoms with Gasteiger partial charge in [0.25, 0.3) is 0 Å². The van der Waals surface area contributed by atoms with Crippen molar-refractivity contribution < 1.29 is 20.1 Å². The Morgan fingerprint density at radius 2 is 1.50 bits per heavy atom. The highest BCUT2D eigenvalue weighted by Gasteiger charge is 2.29. The normalized spacial score (nSPS) is 16.3. The number of halogens is 2. The summed E-state index contributed by atoms with van der Waals surface area (Å²) in [6.07, 6.45) is 0.254. The topological polar surface area (TPSA) is 90.1 Å². The number of carbonyl (C=O) groups excluding carboxylic acids is 1. The zero-order valence-electron chi connectivity index (χ0n) is 15.1. The molecule has 7 heteroatoms. The number of ketones is 1. The lowest BCUT2D eigenvalue weighted by atomic mass is 9.86. The number of aliphatic imine (C=N–C) groups is 1. The van der Waals surface area contributed by atoms with E-state index < -0.39 is 5.78 Å². The number of aliphatic hydroxyl groups is 1. The van der Waals surface area contributed by atoms with Crippen molar-refractivity contribution >= 4 is 40.4 Å². The lowest BCUT2D eigenvalue weighted by Crippen LogP contribution is -2.25. The Hall–Kier alpha value is -2.76. The van der Waals surface area contributed by atoms with Crippen molar-refractivity contribution in [1.29, 1.82) is 0 Å². The van der Waals surface area contributed by atoms with Crippen LogP contribution in [0.4, 0.5) is 5.69 Å². The molecular formula is C21H17Cl2NO4. The van der Waals surface area contributed by atoms with Crippen LogP contribution in [0.1, 0.15) is 19.4 Å². The average Bonchev–Trinajstić information content (AvgIpc) is 2.64. The van der Waals surface area contributed by atoms with Crippen molar-refractivity contribution in [3.63, 3.8) is 0 Å². The van der Waals surface area contributed by atoms with Crippen LogP contribution in [0.3, 0.4) is 0 Å². The van der Waals surface area contributed by atoms with Gasteiger partial charge in [-0.05, 0) is 49.2 Å². The average molecular weight is 418 g/mol. The Balaban J connectivity index is 2.11. The Bertz CT molecular complexity index is 1080. The van der Waals surface area contributed by atoms with Gasteiger partial charge in [0.1, 0.15) is 23.0 Å². The van der Waals surface area contributed by atoms with Gasteiger partial charge >= 0.3 is 0 Å². The molecule has 0 heterocycles. The summed E-state index contributed by atoms with van der Waals surface area (Å²) in [4.78, 5) is 17.1. The molecule has 0 amide bonds. The van der Waals surface area contributed by atoms with Crippen molar-refractivity contribution in [2.75, 3.05) is 0 Å². The summed E-state index contributed by atoms with van der Waals surface area (Å²) < 4.78 is 0. The highest BCUT2D eigenvalue weighted by molar-refractivity contribution is 6.53. The molecule has 0 bridgehead atoms. The molecule has 3 rings (SSSR count). The molecule has 144 valence electrons. The van der Waals surface area contributed by atoms with Gasteiger partial charge in [-0.3, -0.25) is 4.79 Å². The zero-order chi connectivity index (χ0) is 20.6. The second-order valence-electron chi connectivity index (χ2n) is 6.45. The number of aliphatic hydroxyl groups excluding tert-OH is 1. The van der Waals surface area contributed by atoms with Crippen LogP contribution in [0.15, 0.2) is 63.9 Å². The van der Waals surface area contributed by atoms with Crippen molar-refractivity contribution in [3.05, 3.63) is 74.5 Å². The number of hydrogen-bond donors (Lipinski definition) is 3. The maximum Gasteiger partial charge on any atom is 0.211 e. The van der Waals surface area contributed by atoms with E-state index in [2.05, 4.69) is 4.99 Å². The third-order valence-corrected chi connectivity index (χ3v) is 5.23. The second kappa shape index (κ2) is 7.70. The number of aromatic hydroxyl groups is 2. The Morgan fingerprint density at radius 1 is 0.893 bits per heavy atom. The number of carbonyl (C=O) groups is 1. The van der Waals surface area contributed by atoms with Crippen LogP contribution < -0.4 is 0 Å². The van der Waals surface area contributed by atoms with Crippen molar-refractivity contribution in [1.82, 2.24) is 0 Å². The molecular weight excluding hydrogens is 401 g/mol. The summed E-state index contributed by atoms with van der Waals surface area (Å²) in [7, 11) is 0. The molecule has 0 saturated carbocycles. The first-order chi connectivity index (χ1) is 13.2. The van der Waals surface area contributed by atoms with Crippen molar-refractivity contribution in [2.45, 2.75) is 20.3 Å². The van der Waals surface area contributed by atoms with Crippen LogP contribution in [0.25, 0.3) is 0 Å². The van der Waals surface area contributed by atoms with Crippen LogP contribution in [0.2, 0.25) is 10.0 Å². The Labute approximate surface area is 171 Å². The number of Topliss-reactive ketones (excluding diaryl/α,β-unsaturated/α-hetero) is 1. The standard InChI is InChI=1S/C21H17Cl2NO4/c1-10-15(7-12-3-4-13(25)8-16(12)22)20(27)11(2)21(28)19(10)24-18-6-5-14(26)9-17(18)23/h3-6,8-9,25-27H,7H2,1-2H3. The molecule has 0 aromatic heterocycles. The molecule has 0 unspecified atom stereocenters. The van der Waals surface area contributed by atoms with Gasteiger partial charge in [0, 0.05) is 28.7 Å². The number of phenols is 2. The van der Waals surface area contributed by atoms with E-state index >= 15 is 0 Å². The Morgan fingerprint density at radius 3 is 2.11 bits per heavy atom. The second-order valence-corrected chi connectivity index (χ2v) is 7.27. The summed E-state index contributed by atoms with van der Waals surface area (Å²) in [5.41, 5.74) is 2.36. The van der Waals surface area contributed by atoms with Crippen LogP contribution >= 0.6 is 23.2 Å². The van der Waals surface area contributed by atoms with E-state index in [1.165, 1.54) is 37.3 Å². The molecule has 0 aliphatic heterocycles. The van der Waals surface area contributed by atoms with Crippen LogP contribution in [-0.4, -0.2) is 26.8 Å². The van der Waals surface area contributed by atoms with Crippen LogP contribution in [0, 0.1) is 0 Å². The monoisotopic (exact) mass is 417 g/mol. The van der Waals surface area contributed by atoms with E-state index in [4.69, 9.17) is 23.2 Å². The molecule has 2 aromatic carbocycles. The largest absolute Gasteiger partial charge is 0.508 e. The Kier molecular flexibility index (Phi) is 5.49. The fourth-order valence-corrected chi connectivity index (χ4v) is 3.39. The van der Waals surface area contributed by atoms with Gasteiger partial charge in [-0.25, -0.2) is 4.99 Å². The van der Waals surface area contributed by atoms with Gasteiger partial charge in [0.05, 0.1) is 10.7 Å². The minimum atomic E-state index is -0.403. The third-order valence-electron chi connectivity index (χ3n) is 4.57. The number of nitrogens with zero attached hydrogens (tertiary/aromatic N) is 1. The first-order valence-electron chi connectivity index (χ1n) is 8.38. The lowest BCUT2D eigenvalue weighted by Gasteiger charge is -2.21. The fraction of sp³-hybridized carbons (Fsp3) is 0.143. The highest BCUT2D eigenvalue weighted by Crippen LogP contribution is 2.34. The molecule has 3 N–H and O–H groups in total. The predicted molar refractivity (Wildman–Crippen MR) is 110 cm³/mol. The molecule has 0 spiro atoms. The summed E-state index contributed by atoms with van der Waals surface area (Å²) in [6.45, 7) is 3.22. The number of rotatable bonds is 3. The summed E-state index contributed by atoms with van der Waals surface area (Å²) in [5, 5.41) is 30.1. The van der Waals surface area contributed by atoms with Crippen molar-refractivity contribution in [3.8, 4) is 11.5 Å². The molecule has 5 nitrogen and oxygen atoms in total. The molecule has 0 radical (unpaired) electrons. The van der Waals surface area contributed by atoms with Crippen molar-refractivity contribution in [2.24, 2.45) is 4.99 Å². The number of benzene rings is 2. The van der Waals surface area contributed by atoms with Crippen LogP contribution in [-0.2, 0) is 11.2 Å². The molecule has 0 fully saturated rings. The first-order valence-corrected chi connectivity index (χ1v) is 9.14. The smallest absolute Gasteiger partial charge is 0.211 e. The first kappa shape index (κ1) is 20.0. The van der Waals surface area contributed by atoms with Gasteiger partial charge in [-0.15, -0.1) is 0 Å². The minimum absolute atomic E-state index is 0.00688. The zero-order valence-corrected chi connectivity index (χ0v) is 16.6. The summed E-state index contributed by atoms with van der Waals surface area (Å²) >= 11 is 12.3. The molecule has 0 saturated heterocycles. The maximum absolute atomic E-state index is 12.7. The van der Waals surface area contributed by atoms with E-state index in [9.17, 15) is 20.1 Å².